The van der Waals surface area contributed by atoms with Crippen LogP contribution >= 0.6 is 24.0 Å². The van der Waals surface area contributed by atoms with Crippen molar-refractivity contribution < 1.29 is 9.90 Å². The molecule has 0 radical (unpaired) electrons. The van der Waals surface area contributed by atoms with Crippen LogP contribution in [-0.2, 0) is 4.79 Å². The van der Waals surface area contributed by atoms with E-state index in [0.29, 0.717) is 52.4 Å². The number of rotatable bonds is 6. The summed E-state index contributed by atoms with van der Waals surface area (Å²) in [6.07, 6.45) is 4.95. The number of nitrogens with zero attached hydrogens (tertiary/aromatic N) is 5. The summed E-state index contributed by atoms with van der Waals surface area (Å²) in [5.41, 5.74) is 1.65. The highest BCUT2D eigenvalue weighted by atomic mass is 32.2. The first-order valence-corrected chi connectivity index (χ1v) is 11.6. The van der Waals surface area contributed by atoms with E-state index >= 15 is 0 Å². The van der Waals surface area contributed by atoms with Crippen LogP contribution in [0.5, 0.6) is 0 Å². The van der Waals surface area contributed by atoms with E-state index in [0.717, 1.165) is 18.7 Å². The van der Waals surface area contributed by atoms with Gasteiger partial charge in [-0.2, -0.15) is 0 Å². The molecule has 32 heavy (non-hydrogen) atoms. The lowest BCUT2D eigenvalue weighted by Gasteiger charge is -2.35. The van der Waals surface area contributed by atoms with Gasteiger partial charge in [-0.25, -0.2) is 4.98 Å². The molecule has 8 nitrogen and oxygen atoms in total. The number of pyridine rings is 1. The highest BCUT2D eigenvalue weighted by Crippen LogP contribution is 2.33. The van der Waals surface area contributed by atoms with Crippen LogP contribution in [0, 0.1) is 6.92 Å². The second kappa shape index (κ2) is 9.53. The maximum absolute atomic E-state index is 13.5. The second-order valence-electron chi connectivity index (χ2n) is 7.67. The molecule has 4 heterocycles. The van der Waals surface area contributed by atoms with Gasteiger partial charge in [-0.05, 0) is 24.6 Å². The molecular weight excluding hydrogens is 446 g/mol. The van der Waals surface area contributed by atoms with Crippen molar-refractivity contribution >= 4 is 51.7 Å². The Kier molecular flexibility index (Phi) is 6.75. The van der Waals surface area contributed by atoms with Crippen molar-refractivity contribution in [3.05, 3.63) is 57.4 Å². The molecule has 0 atom stereocenters. The summed E-state index contributed by atoms with van der Waals surface area (Å²) in [6.45, 7) is 9.54. The van der Waals surface area contributed by atoms with Gasteiger partial charge in [-0.1, -0.05) is 36.1 Å². The van der Waals surface area contributed by atoms with E-state index < -0.39 is 0 Å². The number of thiocarbonyl (C=S) groups is 1. The van der Waals surface area contributed by atoms with Gasteiger partial charge < -0.3 is 10.0 Å². The standard InChI is InChI=1S/C22H25N5O3S2/c1-3-6-27-21(30)17(32-22(27)31)14-16-19(25-10-8-24(9-11-25)12-13-28)23-18-15(2)5-4-7-26(18)20(16)29/h3-5,7,14,28H,1,6,8-13H2,2H3/b17-14-. The van der Waals surface area contributed by atoms with E-state index in [1.54, 1.807) is 18.3 Å². The first-order chi connectivity index (χ1) is 15.4. The highest BCUT2D eigenvalue weighted by Gasteiger charge is 2.32. The summed E-state index contributed by atoms with van der Waals surface area (Å²) in [5.74, 6) is 0.342. The number of amides is 1. The van der Waals surface area contributed by atoms with Crippen molar-refractivity contribution in [2.45, 2.75) is 6.92 Å². The van der Waals surface area contributed by atoms with Crippen molar-refractivity contribution in [2.24, 2.45) is 0 Å². The number of aliphatic hydroxyl groups is 1. The van der Waals surface area contributed by atoms with Gasteiger partial charge in [0.2, 0.25) is 0 Å². The molecule has 1 amide bonds. The predicted molar refractivity (Wildman–Crippen MR) is 132 cm³/mol. The first kappa shape index (κ1) is 22.7. The third kappa shape index (κ3) is 4.23. The highest BCUT2D eigenvalue weighted by molar-refractivity contribution is 8.26. The van der Waals surface area contributed by atoms with Crippen molar-refractivity contribution in [1.29, 1.82) is 0 Å². The maximum atomic E-state index is 13.5. The number of piperazine rings is 1. The van der Waals surface area contributed by atoms with Crippen molar-refractivity contribution in [1.82, 2.24) is 19.2 Å². The number of thioether (sulfide) groups is 1. The summed E-state index contributed by atoms with van der Waals surface area (Å²) in [4.78, 5) is 37.4. The Morgan fingerprint density at radius 1 is 1.28 bits per heavy atom. The van der Waals surface area contributed by atoms with Crippen LogP contribution in [0.25, 0.3) is 11.7 Å². The number of aromatic nitrogens is 2. The number of aliphatic hydroxyl groups excluding tert-OH is 1. The SMILES string of the molecule is C=CCN1C(=O)/C(=C/c2c(N3CCN(CCO)CC3)nc3c(C)cccn3c2=O)SC1=S. The van der Waals surface area contributed by atoms with E-state index in [-0.39, 0.29) is 18.1 Å². The molecular formula is C22H25N5O3S2. The zero-order valence-electron chi connectivity index (χ0n) is 17.9. The Balaban J connectivity index is 1.81. The van der Waals surface area contributed by atoms with Gasteiger partial charge in [-0.3, -0.25) is 23.8 Å². The minimum Gasteiger partial charge on any atom is -0.395 e. The minimum absolute atomic E-state index is 0.118. The molecule has 2 aliphatic heterocycles. The minimum atomic E-state index is -0.229. The van der Waals surface area contributed by atoms with Crippen molar-refractivity contribution in [2.75, 3.05) is 50.8 Å². The molecule has 0 spiro atoms. The Morgan fingerprint density at radius 3 is 2.72 bits per heavy atom. The first-order valence-electron chi connectivity index (χ1n) is 10.4. The largest absolute Gasteiger partial charge is 0.395 e. The van der Waals surface area contributed by atoms with Crippen molar-refractivity contribution in [3.63, 3.8) is 0 Å². The van der Waals surface area contributed by atoms with E-state index in [1.165, 1.54) is 21.1 Å². The molecule has 0 unspecified atom stereocenters. The summed E-state index contributed by atoms with van der Waals surface area (Å²) >= 11 is 6.53. The monoisotopic (exact) mass is 471 g/mol. The molecule has 2 aromatic heterocycles. The number of hydrogen-bond donors (Lipinski definition) is 1. The smallest absolute Gasteiger partial charge is 0.267 e. The van der Waals surface area contributed by atoms with Gasteiger partial charge >= 0.3 is 0 Å². The molecule has 2 fully saturated rings. The van der Waals surface area contributed by atoms with Crippen LogP contribution in [0.15, 0.2) is 40.7 Å². The van der Waals surface area contributed by atoms with Gasteiger partial charge in [0.25, 0.3) is 11.5 Å². The Labute approximate surface area is 195 Å². The van der Waals surface area contributed by atoms with Crippen LogP contribution in [-0.4, -0.2) is 80.4 Å². The Bertz CT molecular complexity index is 1170. The summed E-state index contributed by atoms with van der Waals surface area (Å²) < 4.78 is 1.97. The van der Waals surface area contributed by atoms with Gasteiger partial charge in [0, 0.05) is 45.5 Å². The van der Waals surface area contributed by atoms with Gasteiger partial charge in [0.05, 0.1) is 17.1 Å². The lowest BCUT2D eigenvalue weighted by molar-refractivity contribution is -0.121. The normalized spacial score (nSPS) is 18.9. The van der Waals surface area contributed by atoms with Gasteiger partial charge in [-0.15, -0.1) is 6.58 Å². The quantitative estimate of drug-likeness (QED) is 0.386. The Morgan fingerprint density at radius 2 is 2.03 bits per heavy atom. The number of carbonyl (C=O) groups excluding carboxylic acids is 1. The molecule has 1 N–H and O–H groups in total. The van der Waals surface area contributed by atoms with E-state index in [1.807, 2.05) is 19.1 Å². The molecule has 0 saturated carbocycles. The molecule has 2 aliphatic rings. The van der Waals surface area contributed by atoms with Crippen LogP contribution in [0.4, 0.5) is 5.82 Å². The predicted octanol–water partition coefficient (Wildman–Crippen LogP) is 1.50. The number of fused-ring (bicyclic) bond motifs is 1. The fourth-order valence-electron chi connectivity index (χ4n) is 3.91. The number of hydrogen-bond acceptors (Lipinski definition) is 8. The number of anilines is 1. The van der Waals surface area contributed by atoms with E-state index in [9.17, 15) is 14.7 Å². The molecule has 2 saturated heterocycles. The molecule has 0 bridgehead atoms. The van der Waals surface area contributed by atoms with Crippen molar-refractivity contribution in [3.8, 4) is 0 Å². The lowest BCUT2D eigenvalue weighted by atomic mass is 10.2. The number of aryl methyl sites for hydroxylation is 1. The topological polar surface area (TPSA) is 81.4 Å². The second-order valence-corrected chi connectivity index (χ2v) is 9.35. The van der Waals surface area contributed by atoms with E-state index in [2.05, 4.69) is 16.4 Å². The molecule has 2 aromatic rings. The summed E-state index contributed by atoms with van der Waals surface area (Å²) in [5, 5.41) is 9.22. The van der Waals surface area contributed by atoms with Crippen LogP contribution in [0.3, 0.4) is 0 Å². The molecule has 168 valence electrons. The zero-order valence-corrected chi connectivity index (χ0v) is 19.5. The third-order valence-corrected chi connectivity index (χ3v) is 6.99. The van der Waals surface area contributed by atoms with E-state index in [4.69, 9.17) is 17.2 Å². The van der Waals surface area contributed by atoms with Crippen LogP contribution in [0.2, 0.25) is 0 Å². The van der Waals surface area contributed by atoms with Gasteiger partial charge in [0.1, 0.15) is 15.8 Å². The summed E-state index contributed by atoms with van der Waals surface area (Å²) in [7, 11) is 0. The zero-order chi connectivity index (χ0) is 22.8. The lowest BCUT2D eigenvalue weighted by Crippen LogP contribution is -2.48. The van der Waals surface area contributed by atoms with Gasteiger partial charge in [0.15, 0.2) is 0 Å². The molecule has 0 aromatic carbocycles. The molecule has 4 rings (SSSR count). The van der Waals surface area contributed by atoms with Crippen LogP contribution < -0.4 is 10.5 Å². The fraction of sp³-hybridized carbons (Fsp3) is 0.364. The fourth-order valence-corrected chi connectivity index (χ4v) is 5.17. The molecule has 10 heteroatoms. The van der Waals surface area contributed by atoms with Crippen LogP contribution in [0.1, 0.15) is 11.1 Å². The summed E-state index contributed by atoms with van der Waals surface area (Å²) in [6, 6.07) is 3.73. The number of β-amino-alcohol motifs (C(OH)–C–C–N with tert-alkyl or cyclic N) is 1. The average Bonchev–Trinajstić information content (AvgIpc) is 3.04. The Hall–Kier alpha value is -2.53. The molecule has 0 aliphatic carbocycles. The maximum Gasteiger partial charge on any atom is 0.267 e. The average molecular weight is 472 g/mol. The number of carbonyl (C=O) groups is 1. The third-order valence-electron chi connectivity index (χ3n) is 5.61.